The number of carbonyl (C=O) groups is 2. The number of carbonyl (C=O) groups excluding carboxylic acids is 2. The van der Waals surface area contributed by atoms with Crippen LogP contribution in [0.4, 0.5) is 36.8 Å². The van der Waals surface area contributed by atoms with E-state index in [1.165, 1.54) is 41.3 Å². The number of anilines is 1. The molecule has 47 heavy (non-hydrogen) atoms. The molecule has 4 aromatic rings. The lowest BCUT2D eigenvalue weighted by atomic mass is 9.87. The monoisotopic (exact) mass is 652 g/mol. The number of hydrogen-bond acceptors (Lipinski definition) is 6. The van der Waals surface area contributed by atoms with Gasteiger partial charge in [-0.15, -0.1) is 26.3 Å². The van der Waals surface area contributed by atoms with Crippen molar-refractivity contribution in [1.29, 1.82) is 5.26 Å². The van der Waals surface area contributed by atoms with Crippen molar-refractivity contribution >= 4 is 17.6 Å². The summed E-state index contributed by atoms with van der Waals surface area (Å²) in [5.74, 6) is -1.45. The maximum Gasteiger partial charge on any atom is 0.573 e. The van der Waals surface area contributed by atoms with E-state index in [1.54, 1.807) is 24.3 Å². The van der Waals surface area contributed by atoms with Gasteiger partial charge in [-0.2, -0.15) is 5.26 Å². The number of urea groups is 1. The lowest BCUT2D eigenvalue weighted by Gasteiger charge is -2.28. The van der Waals surface area contributed by atoms with E-state index in [0.29, 0.717) is 36.1 Å². The minimum atomic E-state index is -4.91. The van der Waals surface area contributed by atoms with Crippen molar-refractivity contribution in [2.75, 3.05) is 11.4 Å². The molecule has 3 heterocycles. The van der Waals surface area contributed by atoms with Crippen molar-refractivity contribution < 1.29 is 45.4 Å². The number of amides is 3. The van der Waals surface area contributed by atoms with Crippen molar-refractivity contribution in [3.8, 4) is 40.1 Å². The summed E-state index contributed by atoms with van der Waals surface area (Å²) in [4.78, 5) is 35.2. The highest BCUT2D eigenvalue weighted by atomic mass is 19.4. The number of nitriles is 1. The predicted molar refractivity (Wildman–Crippen MR) is 155 cm³/mol. The van der Waals surface area contributed by atoms with Gasteiger partial charge in [0.25, 0.3) is 5.91 Å². The van der Waals surface area contributed by atoms with Gasteiger partial charge in [0.1, 0.15) is 17.0 Å². The van der Waals surface area contributed by atoms with Crippen LogP contribution in [0.25, 0.3) is 22.5 Å². The molecule has 2 fully saturated rings. The van der Waals surface area contributed by atoms with Crippen molar-refractivity contribution in [3.05, 3.63) is 96.1 Å². The second-order valence-electron chi connectivity index (χ2n) is 10.9. The normalized spacial score (nSPS) is 17.9. The number of aromatic nitrogens is 1. The average Bonchev–Trinajstić information content (AvgIpc) is 3.52. The Labute approximate surface area is 263 Å². The standard InChI is InChI=1S/C33H22F6N4O4/c34-32(35,36)46-25-10-6-22(7-11-25)27-16-24(17-28(41-27)23-8-12-26(13-9-23)47-33(37,38)39)43-29(44)31(14-1-15-42(31)30(43)45)18-20-2-4-21(19-40)5-3-20/h2-13,16-17H,1,14-15,18H2. The van der Waals surface area contributed by atoms with Crippen LogP contribution >= 0.6 is 0 Å². The first-order chi connectivity index (χ1) is 22.2. The van der Waals surface area contributed by atoms with E-state index in [4.69, 9.17) is 5.26 Å². The maximum atomic E-state index is 14.2. The van der Waals surface area contributed by atoms with Gasteiger partial charge in [0, 0.05) is 24.1 Å². The van der Waals surface area contributed by atoms with Crippen molar-refractivity contribution in [1.82, 2.24) is 9.88 Å². The molecule has 0 spiro atoms. The fraction of sp³-hybridized carbons (Fsp3) is 0.212. The van der Waals surface area contributed by atoms with Gasteiger partial charge < -0.3 is 14.4 Å². The van der Waals surface area contributed by atoms with Gasteiger partial charge >= 0.3 is 18.8 Å². The molecule has 0 radical (unpaired) electrons. The zero-order chi connectivity index (χ0) is 33.6. The third kappa shape index (κ3) is 6.42. The quantitative estimate of drug-likeness (QED) is 0.151. The zero-order valence-electron chi connectivity index (χ0n) is 24.1. The molecule has 6 rings (SSSR count). The van der Waals surface area contributed by atoms with E-state index in [-0.39, 0.29) is 23.5 Å². The number of alkyl halides is 6. The molecule has 0 aliphatic carbocycles. The van der Waals surface area contributed by atoms with E-state index >= 15 is 0 Å². The molecule has 8 nitrogen and oxygen atoms in total. The summed E-state index contributed by atoms with van der Waals surface area (Å²) in [5, 5.41) is 9.15. The van der Waals surface area contributed by atoms with Crippen LogP contribution in [0.3, 0.4) is 0 Å². The molecular formula is C33H22F6N4O4. The first kappa shape index (κ1) is 31.4. The van der Waals surface area contributed by atoms with E-state index in [1.807, 2.05) is 6.07 Å². The lowest BCUT2D eigenvalue weighted by molar-refractivity contribution is -0.275. The number of hydrogen-bond donors (Lipinski definition) is 0. The molecule has 3 aromatic carbocycles. The van der Waals surface area contributed by atoms with Crippen molar-refractivity contribution in [2.24, 2.45) is 0 Å². The highest BCUT2D eigenvalue weighted by molar-refractivity contribution is 6.24. The third-order valence-electron chi connectivity index (χ3n) is 7.93. The summed E-state index contributed by atoms with van der Waals surface area (Å²) in [7, 11) is 0. The Kier molecular flexibility index (Phi) is 7.79. The first-order valence-electron chi connectivity index (χ1n) is 14.1. The molecule has 14 heteroatoms. The highest BCUT2D eigenvalue weighted by Gasteiger charge is 2.59. The number of pyridine rings is 1. The third-order valence-corrected chi connectivity index (χ3v) is 7.93. The Hall–Kier alpha value is -5.58. The van der Waals surface area contributed by atoms with Crippen LogP contribution in [0.2, 0.25) is 0 Å². The molecular weight excluding hydrogens is 630 g/mol. The van der Waals surface area contributed by atoms with Gasteiger partial charge in [0.15, 0.2) is 0 Å². The van der Waals surface area contributed by atoms with Crippen LogP contribution < -0.4 is 14.4 Å². The molecule has 2 aliphatic rings. The average molecular weight is 653 g/mol. The van der Waals surface area contributed by atoms with Gasteiger partial charge in [-0.25, -0.2) is 14.7 Å². The number of nitrogens with zero attached hydrogens (tertiary/aromatic N) is 4. The number of halogens is 6. The smallest absolute Gasteiger partial charge is 0.406 e. The largest absolute Gasteiger partial charge is 0.573 e. The molecule has 2 saturated heterocycles. The van der Waals surface area contributed by atoms with Gasteiger partial charge in [0.05, 0.1) is 28.7 Å². The molecule has 240 valence electrons. The summed E-state index contributed by atoms with van der Waals surface area (Å²) < 4.78 is 84.3. The summed E-state index contributed by atoms with van der Waals surface area (Å²) in [6.45, 7) is 0.323. The molecule has 0 saturated carbocycles. The summed E-state index contributed by atoms with van der Waals surface area (Å²) in [5.41, 5.74) is 1.07. The molecule has 1 aromatic heterocycles. The zero-order valence-corrected chi connectivity index (χ0v) is 24.1. The van der Waals surface area contributed by atoms with Gasteiger partial charge in [0.2, 0.25) is 0 Å². The molecule has 2 aliphatic heterocycles. The van der Waals surface area contributed by atoms with Crippen LogP contribution in [0.5, 0.6) is 11.5 Å². The van der Waals surface area contributed by atoms with Gasteiger partial charge in [-0.05, 0) is 91.2 Å². The number of imide groups is 1. The van der Waals surface area contributed by atoms with Gasteiger partial charge in [-0.1, -0.05) is 12.1 Å². The Morgan fingerprint density at radius 1 is 0.787 bits per heavy atom. The Balaban J connectivity index is 1.41. The first-order valence-corrected chi connectivity index (χ1v) is 14.1. The number of benzene rings is 3. The van der Waals surface area contributed by atoms with E-state index < -0.39 is 41.7 Å². The molecule has 1 atom stereocenters. The Morgan fingerprint density at radius 2 is 1.30 bits per heavy atom. The van der Waals surface area contributed by atoms with Crippen molar-refractivity contribution in [3.63, 3.8) is 0 Å². The summed E-state index contributed by atoms with van der Waals surface area (Å²) >= 11 is 0. The molecule has 3 amide bonds. The van der Waals surface area contributed by atoms with Crippen LogP contribution in [0.1, 0.15) is 24.0 Å². The Morgan fingerprint density at radius 3 is 1.77 bits per heavy atom. The second kappa shape index (κ2) is 11.7. The van der Waals surface area contributed by atoms with E-state index in [0.717, 1.165) is 34.7 Å². The lowest BCUT2D eigenvalue weighted by Crippen LogP contribution is -2.47. The van der Waals surface area contributed by atoms with Gasteiger partial charge in [-0.3, -0.25) is 4.79 Å². The minimum Gasteiger partial charge on any atom is -0.406 e. The fourth-order valence-corrected chi connectivity index (χ4v) is 5.91. The van der Waals surface area contributed by atoms with Crippen molar-refractivity contribution in [2.45, 2.75) is 37.5 Å². The number of rotatable bonds is 7. The molecule has 0 bridgehead atoms. The van der Waals surface area contributed by atoms with E-state index in [9.17, 15) is 35.9 Å². The van der Waals surface area contributed by atoms with E-state index in [2.05, 4.69) is 14.5 Å². The molecule has 1 unspecified atom stereocenters. The van der Waals surface area contributed by atoms with Crippen LogP contribution in [0, 0.1) is 11.3 Å². The SMILES string of the molecule is N#Cc1ccc(CC23CCCN2C(=O)N(c2cc(-c4ccc(OC(F)(F)F)cc4)nc(-c4ccc(OC(F)(F)F)cc4)c2)C3=O)cc1. The fourth-order valence-electron chi connectivity index (χ4n) is 5.91. The summed E-state index contributed by atoms with van der Waals surface area (Å²) in [6, 6.07) is 20.6. The molecule has 0 N–H and O–H groups in total. The van der Waals surface area contributed by atoms with Crippen LogP contribution in [0.15, 0.2) is 84.9 Å². The maximum absolute atomic E-state index is 14.2. The predicted octanol–water partition coefficient (Wildman–Crippen LogP) is 7.63. The summed E-state index contributed by atoms with van der Waals surface area (Å²) in [6.07, 6.45) is -8.64. The Bertz CT molecular complexity index is 1790. The van der Waals surface area contributed by atoms with Crippen LogP contribution in [-0.4, -0.2) is 46.6 Å². The topological polar surface area (TPSA) is 95.8 Å². The number of fused-ring (bicyclic) bond motifs is 1. The minimum absolute atomic E-state index is 0.111. The highest BCUT2D eigenvalue weighted by Crippen LogP contribution is 2.43. The number of ether oxygens (including phenoxy) is 2. The second-order valence-corrected chi connectivity index (χ2v) is 10.9. The van der Waals surface area contributed by atoms with Crippen LogP contribution in [-0.2, 0) is 11.2 Å².